The van der Waals surface area contributed by atoms with Gasteiger partial charge in [-0.25, -0.2) is 4.98 Å². The summed E-state index contributed by atoms with van der Waals surface area (Å²) in [6.07, 6.45) is 0.694. The predicted molar refractivity (Wildman–Crippen MR) is 96.2 cm³/mol. The van der Waals surface area contributed by atoms with Crippen LogP contribution in [0.1, 0.15) is 28.3 Å². The van der Waals surface area contributed by atoms with Crippen LogP contribution in [0.15, 0.2) is 53.9 Å². The third-order valence-corrected chi connectivity index (χ3v) is 4.67. The largest absolute Gasteiger partial charge is 0.497 e. The summed E-state index contributed by atoms with van der Waals surface area (Å²) >= 11 is 1.43. The van der Waals surface area contributed by atoms with Crippen LogP contribution in [0.2, 0.25) is 0 Å². The van der Waals surface area contributed by atoms with E-state index in [0.717, 1.165) is 22.6 Å². The first-order chi connectivity index (χ1) is 11.7. The van der Waals surface area contributed by atoms with E-state index in [0.29, 0.717) is 17.1 Å². The second-order valence-corrected chi connectivity index (χ2v) is 6.30. The van der Waals surface area contributed by atoms with Crippen molar-refractivity contribution in [2.75, 3.05) is 12.8 Å². The molecule has 0 amide bonds. The molecule has 0 spiro atoms. The molecular weight excluding hydrogens is 318 g/mol. The van der Waals surface area contributed by atoms with E-state index in [2.05, 4.69) is 11.1 Å². The number of nitrogens with two attached hydrogens (primary N) is 1. The van der Waals surface area contributed by atoms with E-state index in [-0.39, 0.29) is 5.92 Å². The van der Waals surface area contributed by atoms with Crippen molar-refractivity contribution in [3.8, 4) is 11.8 Å². The first-order valence-electron chi connectivity index (χ1n) is 7.54. The van der Waals surface area contributed by atoms with Crippen molar-refractivity contribution in [2.45, 2.75) is 12.3 Å². The van der Waals surface area contributed by atoms with Crippen molar-refractivity contribution in [3.63, 3.8) is 0 Å². The van der Waals surface area contributed by atoms with Crippen LogP contribution in [0.4, 0.5) is 5.13 Å². The highest BCUT2D eigenvalue weighted by Gasteiger charge is 2.19. The third kappa shape index (κ3) is 3.39. The quantitative estimate of drug-likeness (QED) is 0.765. The molecule has 2 aromatic carbocycles. The Bertz CT molecular complexity index is 865. The maximum Gasteiger partial charge on any atom is 0.180 e. The molecule has 0 bridgehead atoms. The Morgan fingerprint density at radius 1 is 1.21 bits per heavy atom. The number of hydrogen-bond acceptors (Lipinski definition) is 5. The number of methoxy groups -OCH3 is 1. The molecule has 120 valence electrons. The number of nitrogen functional groups attached to an aromatic ring is 1. The van der Waals surface area contributed by atoms with Crippen molar-refractivity contribution < 1.29 is 4.74 Å². The Morgan fingerprint density at radius 3 is 2.58 bits per heavy atom. The van der Waals surface area contributed by atoms with Crippen LogP contribution in [0.25, 0.3) is 0 Å². The fraction of sp³-hybridized carbons (Fsp3) is 0.158. The van der Waals surface area contributed by atoms with Crippen LogP contribution in [0.3, 0.4) is 0 Å². The molecule has 0 aliphatic heterocycles. The van der Waals surface area contributed by atoms with Gasteiger partial charge in [-0.3, -0.25) is 0 Å². The van der Waals surface area contributed by atoms with Gasteiger partial charge in [-0.05, 0) is 35.7 Å². The maximum atomic E-state index is 9.34. The van der Waals surface area contributed by atoms with E-state index in [4.69, 9.17) is 10.5 Å². The number of nitriles is 1. The lowest BCUT2D eigenvalue weighted by Crippen LogP contribution is -2.07. The first-order valence-corrected chi connectivity index (χ1v) is 8.42. The molecule has 1 atom stereocenters. The van der Waals surface area contributed by atoms with Gasteiger partial charge < -0.3 is 10.5 Å². The number of rotatable bonds is 5. The Hall–Kier alpha value is -2.84. The van der Waals surface area contributed by atoms with E-state index in [1.54, 1.807) is 7.11 Å². The number of thiazole rings is 1. The lowest BCUT2D eigenvalue weighted by atomic mass is 9.88. The van der Waals surface area contributed by atoms with Crippen LogP contribution < -0.4 is 10.5 Å². The minimum absolute atomic E-state index is 0.0407. The Kier molecular flexibility index (Phi) is 4.78. The lowest BCUT2D eigenvalue weighted by molar-refractivity contribution is 0.414. The zero-order valence-corrected chi connectivity index (χ0v) is 14.1. The van der Waals surface area contributed by atoms with Crippen LogP contribution >= 0.6 is 11.3 Å². The molecule has 0 fully saturated rings. The third-order valence-electron chi connectivity index (χ3n) is 3.98. The van der Waals surface area contributed by atoms with Gasteiger partial charge in [0.25, 0.3) is 0 Å². The Labute approximate surface area is 145 Å². The summed E-state index contributed by atoms with van der Waals surface area (Å²) in [6, 6.07) is 17.9. The smallest absolute Gasteiger partial charge is 0.180 e. The molecule has 1 unspecified atom stereocenters. The van der Waals surface area contributed by atoms with Crippen molar-refractivity contribution in [3.05, 3.63) is 76.3 Å². The topological polar surface area (TPSA) is 71.9 Å². The average molecular weight is 335 g/mol. The summed E-state index contributed by atoms with van der Waals surface area (Å²) in [5, 5.41) is 11.9. The molecule has 3 aromatic rings. The van der Waals surface area contributed by atoms with Gasteiger partial charge in [-0.15, -0.1) is 11.3 Å². The molecule has 3 rings (SSSR count). The fourth-order valence-electron chi connectivity index (χ4n) is 2.72. The Balaban J connectivity index is 2.00. The molecule has 4 nitrogen and oxygen atoms in total. The molecule has 2 N–H and O–H groups in total. The SMILES string of the molecule is COc1ccc(C(Cc2ccccc2C#N)c2csc(N)n2)cc1. The zero-order valence-electron chi connectivity index (χ0n) is 13.3. The molecule has 0 radical (unpaired) electrons. The minimum Gasteiger partial charge on any atom is -0.497 e. The fourth-order valence-corrected chi connectivity index (χ4v) is 3.33. The summed E-state index contributed by atoms with van der Waals surface area (Å²) in [6.45, 7) is 0. The van der Waals surface area contributed by atoms with Gasteiger partial charge in [0.05, 0.1) is 24.4 Å². The molecule has 5 heteroatoms. The Morgan fingerprint density at radius 2 is 1.96 bits per heavy atom. The maximum absolute atomic E-state index is 9.34. The van der Waals surface area contributed by atoms with E-state index < -0.39 is 0 Å². The summed E-state index contributed by atoms with van der Waals surface area (Å²) in [4.78, 5) is 4.46. The van der Waals surface area contributed by atoms with Gasteiger partial charge in [0.15, 0.2) is 5.13 Å². The van der Waals surface area contributed by atoms with Gasteiger partial charge in [0.1, 0.15) is 5.75 Å². The van der Waals surface area contributed by atoms with E-state index in [1.807, 2.05) is 53.9 Å². The molecule has 24 heavy (non-hydrogen) atoms. The molecule has 1 aromatic heterocycles. The predicted octanol–water partition coefficient (Wildman–Crippen LogP) is 3.98. The number of aromatic nitrogens is 1. The van der Waals surface area contributed by atoms with Gasteiger partial charge in [0.2, 0.25) is 0 Å². The minimum atomic E-state index is 0.0407. The number of hydrogen-bond donors (Lipinski definition) is 1. The molecule has 0 saturated carbocycles. The molecule has 0 aliphatic carbocycles. The number of benzene rings is 2. The van der Waals surface area contributed by atoms with Crippen molar-refractivity contribution in [1.82, 2.24) is 4.98 Å². The number of ether oxygens (including phenoxy) is 1. The second-order valence-electron chi connectivity index (χ2n) is 5.41. The van der Waals surface area contributed by atoms with E-state index in [9.17, 15) is 5.26 Å². The highest BCUT2D eigenvalue weighted by atomic mass is 32.1. The summed E-state index contributed by atoms with van der Waals surface area (Å²) < 4.78 is 5.24. The lowest BCUT2D eigenvalue weighted by Gasteiger charge is -2.17. The van der Waals surface area contributed by atoms with Crippen LogP contribution in [0.5, 0.6) is 5.75 Å². The summed E-state index contributed by atoms with van der Waals surface area (Å²) in [7, 11) is 1.65. The molecule has 0 saturated heterocycles. The first kappa shape index (κ1) is 16.0. The normalized spacial score (nSPS) is 11.7. The van der Waals surface area contributed by atoms with Gasteiger partial charge in [0, 0.05) is 11.3 Å². The van der Waals surface area contributed by atoms with Crippen molar-refractivity contribution in [2.24, 2.45) is 0 Å². The molecular formula is C19H17N3OS. The monoisotopic (exact) mass is 335 g/mol. The van der Waals surface area contributed by atoms with E-state index >= 15 is 0 Å². The zero-order chi connectivity index (χ0) is 16.9. The average Bonchev–Trinajstić information content (AvgIpc) is 3.06. The van der Waals surface area contributed by atoms with Crippen LogP contribution in [-0.4, -0.2) is 12.1 Å². The second kappa shape index (κ2) is 7.16. The van der Waals surface area contributed by atoms with Crippen molar-refractivity contribution >= 4 is 16.5 Å². The standard InChI is InChI=1S/C19H17N3OS/c1-23-16-8-6-13(7-9-16)17(18-12-24-19(21)22-18)10-14-4-2-3-5-15(14)11-20/h2-9,12,17H,10H2,1H3,(H2,21,22). The highest BCUT2D eigenvalue weighted by molar-refractivity contribution is 7.13. The summed E-state index contributed by atoms with van der Waals surface area (Å²) in [5.74, 6) is 0.853. The van der Waals surface area contributed by atoms with Crippen LogP contribution in [-0.2, 0) is 6.42 Å². The highest BCUT2D eigenvalue weighted by Crippen LogP contribution is 2.32. The summed E-state index contributed by atoms with van der Waals surface area (Å²) in [5.41, 5.74) is 9.57. The molecule has 1 heterocycles. The van der Waals surface area contributed by atoms with Crippen LogP contribution in [0, 0.1) is 11.3 Å². The molecule has 0 aliphatic rings. The van der Waals surface area contributed by atoms with E-state index in [1.165, 1.54) is 11.3 Å². The van der Waals surface area contributed by atoms with Gasteiger partial charge in [-0.1, -0.05) is 30.3 Å². The van der Waals surface area contributed by atoms with Gasteiger partial charge >= 0.3 is 0 Å². The van der Waals surface area contributed by atoms with Crippen molar-refractivity contribution in [1.29, 1.82) is 5.26 Å². The van der Waals surface area contributed by atoms with Gasteiger partial charge in [-0.2, -0.15) is 5.26 Å². The number of nitrogens with zero attached hydrogens (tertiary/aromatic N) is 2. The number of anilines is 1.